The molecule has 0 saturated carbocycles. The largest absolute Gasteiger partial charge is 3.00 e. The molecule has 0 rings (SSSR count). The van der Waals surface area contributed by atoms with Gasteiger partial charge >= 0.3 is 94.3 Å². The van der Waals surface area contributed by atoms with E-state index in [0.717, 1.165) is 0 Å². The standard InChI is InChI=1S/5Li.N.O/q5*+1;-3;-2. The van der Waals surface area contributed by atoms with Crippen molar-refractivity contribution in [3.05, 3.63) is 6.15 Å². The van der Waals surface area contributed by atoms with Gasteiger partial charge in [0.15, 0.2) is 0 Å². The minimum Gasteiger partial charge on any atom is -3.00 e. The molecule has 0 aliphatic rings. The van der Waals surface area contributed by atoms with Gasteiger partial charge in [0, 0.05) is 0 Å². The monoisotopic (exact) mass is 65.1 g/mol. The second-order valence-corrected chi connectivity index (χ2v) is 0. The van der Waals surface area contributed by atoms with Crippen LogP contribution >= 0.6 is 0 Å². The summed E-state index contributed by atoms with van der Waals surface area (Å²) in [6.07, 6.45) is 0. The van der Waals surface area contributed by atoms with E-state index in [1.807, 2.05) is 0 Å². The van der Waals surface area contributed by atoms with Crippen LogP contribution in [0.3, 0.4) is 0 Å². The number of nitrogens with zero attached hydrogens (tertiary/aromatic N) is 1. The average molecular weight is 64.7 g/mol. The zero-order chi connectivity index (χ0) is 0. The van der Waals surface area contributed by atoms with Gasteiger partial charge in [-0.15, -0.1) is 0 Å². The van der Waals surface area contributed by atoms with Crippen molar-refractivity contribution < 1.29 is 99.8 Å². The van der Waals surface area contributed by atoms with Crippen molar-refractivity contribution in [2.75, 3.05) is 0 Å². The Hall–Kier alpha value is 2.91. The summed E-state index contributed by atoms with van der Waals surface area (Å²) in [5.74, 6) is 0. The van der Waals surface area contributed by atoms with Crippen molar-refractivity contribution in [3.63, 3.8) is 0 Å². The Labute approximate surface area is 104 Å². The van der Waals surface area contributed by atoms with E-state index >= 15 is 0 Å². The Bertz CT molecular complexity index is 8.04. The molecule has 0 aliphatic heterocycles. The van der Waals surface area contributed by atoms with Crippen LogP contribution in [0, 0.1) is 0 Å². The molecule has 0 unspecified atom stereocenters. The first kappa shape index (κ1) is 93.0. The molecule has 0 radical (unpaired) electrons. The quantitative estimate of drug-likeness (QED) is 0.251. The average Bonchev–Trinajstić information content (AvgIpc) is 0. The van der Waals surface area contributed by atoms with Crippen molar-refractivity contribution in [2.45, 2.75) is 0 Å². The summed E-state index contributed by atoms with van der Waals surface area (Å²) in [7, 11) is 0. The molecule has 0 aliphatic carbocycles. The van der Waals surface area contributed by atoms with Gasteiger partial charge in [-0.1, -0.05) is 0 Å². The molecule has 7 heteroatoms. The van der Waals surface area contributed by atoms with E-state index < -0.39 is 0 Å². The summed E-state index contributed by atoms with van der Waals surface area (Å²) >= 11 is 0. The molecule has 0 fully saturated rings. The third-order valence-corrected chi connectivity index (χ3v) is 0. The van der Waals surface area contributed by atoms with Gasteiger partial charge in [0.25, 0.3) is 0 Å². The maximum absolute atomic E-state index is 0. The van der Waals surface area contributed by atoms with E-state index in [9.17, 15) is 0 Å². The second kappa shape index (κ2) is 65.9. The van der Waals surface area contributed by atoms with Crippen LogP contribution in [0.2, 0.25) is 0 Å². The summed E-state index contributed by atoms with van der Waals surface area (Å²) in [6.45, 7) is 0. The van der Waals surface area contributed by atoms with Gasteiger partial charge in [0.2, 0.25) is 0 Å². The van der Waals surface area contributed by atoms with Crippen molar-refractivity contribution in [1.82, 2.24) is 0 Å². The number of hydrogen-bond donors (Lipinski definition) is 0. The molecule has 0 saturated heterocycles. The van der Waals surface area contributed by atoms with Gasteiger partial charge in [0.1, 0.15) is 0 Å². The fourth-order valence-corrected chi connectivity index (χ4v) is 0. The first-order chi connectivity index (χ1) is 0. The van der Waals surface area contributed by atoms with Gasteiger partial charge in [-0.3, -0.25) is 0 Å². The molecule has 0 aromatic carbocycles. The van der Waals surface area contributed by atoms with E-state index in [-0.39, 0.29) is 106 Å². The normalized spacial score (nSPS) is 0. The van der Waals surface area contributed by atoms with Crippen LogP contribution < -0.4 is 94.3 Å². The van der Waals surface area contributed by atoms with Crippen LogP contribution in [0.25, 0.3) is 6.15 Å². The molecule has 0 aromatic rings. The Balaban J connectivity index is 0. The minimum atomic E-state index is 0. The third kappa shape index (κ3) is 50.3. The van der Waals surface area contributed by atoms with Gasteiger partial charge < -0.3 is 11.6 Å². The molecule has 16 valence electrons. The Morgan fingerprint density at radius 2 is 0.429 bits per heavy atom. The van der Waals surface area contributed by atoms with Crippen molar-refractivity contribution in [2.24, 2.45) is 0 Å². The van der Waals surface area contributed by atoms with Crippen LogP contribution in [0.4, 0.5) is 0 Å². The first-order valence-electron chi connectivity index (χ1n) is 0. The summed E-state index contributed by atoms with van der Waals surface area (Å²) in [6, 6.07) is 0. The summed E-state index contributed by atoms with van der Waals surface area (Å²) in [5.41, 5.74) is 0. The molecular weight excluding hydrogens is 64.7 g/mol. The van der Waals surface area contributed by atoms with E-state index in [2.05, 4.69) is 0 Å². The van der Waals surface area contributed by atoms with E-state index in [1.165, 1.54) is 0 Å². The van der Waals surface area contributed by atoms with Crippen molar-refractivity contribution >= 4 is 0 Å². The molecule has 0 spiro atoms. The van der Waals surface area contributed by atoms with Crippen LogP contribution in [0.15, 0.2) is 0 Å². The van der Waals surface area contributed by atoms with Crippen LogP contribution in [-0.4, -0.2) is 0 Å². The van der Waals surface area contributed by atoms with Crippen LogP contribution in [0.5, 0.6) is 0 Å². The van der Waals surface area contributed by atoms with Crippen LogP contribution in [-0.2, 0) is 5.48 Å². The summed E-state index contributed by atoms with van der Waals surface area (Å²) < 4.78 is 0. The fraction of sp³-hybridized carbons (Fsp3) is 0. The first-order valence-corrected chi connectivity index (χ1v) is 0. The molecule has 0 heterocycles. The summed E-state index contributed by atoms with van der Waals surface area (Å²) in [4.78, 5) is 0. The summed E-state index contributed by atoms with van der Waals surface area (Å²) in [5, 5.41) is 0. The molecule has 2 nitrogen and oxygen atoms in total. The van der Waals surface area contributed by atoms with Crippen molar-refractivity contribution in [3.8, 4) is 0 Å². The fourth-order valence-electron chi connectivity index (χ4n) is 0. The number of rotatable bonds is 0. The second-order valence-electron chi connectivity index (χ2n) is 0. The maximum atomic E-state index is 0. The predicted octanol–water partition coefficient (Wildman–Crippen LogP) is -14.8. The molecule has 0 amide bonds. The topological polar surface area (TPSA) is 59.0 Å². The van der Waals surface area contributed by atoms with E-state index in [1.54, 1.807) is 0 Å². The van der Waals surface area contributed by atoms with Gasteiger partial charge in [-0.2, -0.15) is 0 Å². The molecule has 0 aromatic heterocycles. The Morgan fingerprint density at radius 3 is 0.429 bits per heavy atom. The maximum Gasteiger partial charge on any atom is 1.00 e. The van der Waals surface area contributed by atoms with Gasteiger partial charge in [-0.25, -0.2) is 0 Å². The zero-order valence-corrected chi connectivity index (χ0v) is 5.86. The molecule has 7 heavy (non-hydrogen) atoms. The van der Waals surface area contributed by atoms with Crippen LogP contribution in [0.1, 0.15) is 0 Å². The van der Waals surface area contributed by atoms with Gasteiger partial charge in [-0.05, 0) is 0 Å². The molecular formula is Li5NO. The Kier molecular flexibility index (Phi) is 876. The number of hydrogen-bond acceptors (Lipinski definition) is 0. The molecule has 0 bridgehead atoms. The van der Waals surface area contributed by atoms with Crippen molar-refractivity contribution in [1.29, 1.82) is 0 Å². The molecule has 0 atom stereocenters. The third-order valence-electron chi connectivity index (χ3n) is 0. The van der Waals surface area contributed by atoms with Gasteiger partial charge in [0.05, 0.1) is 0 Å². The SMILES string of the molecule is [Li+].[Li+].[Li+].[Li+].[Li+].[N-3].[O-2]. The zero-order valence-electron chi connectivity index (χ0n) is 5.86. The minimum absolute atomic E-state index is 0. The predicted molar refractivity (Wildman–Crippen MR) is 4.05 cm³/mol. The smallest absolute Gasteiger partial charge is 1.00 e. The molecule has 0 N–H and O–H groups in total. The van der Waals surface area contributed by atoms with E-state index in [0.29, 0.717) is 0 Å². The van der Waals surface area contributed by atoms with E-state index in [4.69, 9.17) is 0 Å². The Morgan fingerprint density at radius 1 is 0.429 bits per heavy atom.